The minimum atomic E-state index is -0.0375. The van der Waals surface area contributed by atoms with Crippen molar-refractivity contribution in [2.45, 2.75) is 13.0 Å². The van der Waals surface area contributed by atoms with Crippen molar-refractivity contribution < 1.29 is 9.53 Å². The van der Waals surface area contributed by atoms with Gasteiger partial charge in [0.1, 0.15) is 5.75 Å². The number of hydrogen-bond acceptors (Lipinski definition) is 2. The van der Waals surface area contributed by atoms with Gasteiger partial charge in [0.25, 0.3) is 0 Å². The number of ether oxygens (including phenoxy) is 1. The molecule has 1 amide bonds. The normalized spacial score (nSPS) is 10.1. The first kappa shape index (κ1) is 14.4. The van der Waals surface area contributed by atoms with Crippen LogP contribution >= 0.6 is 11.6 Å². The molecule has 0 unspecified atom stereocenters. The molecule has 0 spiro atoms. The van der Waals surface area contributed by atoms with E-state index in [9.17, 15) is 4.79 Å². The van der Waals surface area contributed by atoms with Crippen molar-refractivity contribution in [3.8, 4) is 5.75 Å². The molecule has 0 bridgehead atoms. The number of methoxy groups -OCH3 is 1. The highest BCUT2D eigenvalue weighted by atomic mass is 35.5. The van der Waals surface area contributed by atoms with Crippen LogP contribution < -0.4 is 10.1 Å². The monoisotopic (exact) mass is 289 g/mol. The zero-order chi connectivity index (χ0) is 14.4. The predicted octanol–water partition coefficient (Wildman–Crippen LogP) is 3.21. The van der Waals surface area contributed by atoms with Gasteiger partial charge in [-0.15, -0.1) is 0 Å². The van der Waals surface area contributed by atoms with E-state index in [0.717, 1.165) is 16.9 Å². The standard InChI is InChI=1S/C16H16ClNO2/c1-20-15-5-3-2-4-13(15)10-16(19)18-11-12-6-8-14(17)9-7-12/h2-9H,10-11H2,1H3,(H,18,19). The van der Waals surface area contributed by atoms with Gasteiger partial charge in [0, 0.05) is 17.1 Å². The van der Waals surface area contributed by atoms with Gasteiger partial charge >= 0.3 is 0 Å². The molecule has 2 aromatic rings. The minimum absolute atomic E-state index is 0.0375. The summed E-state index contributed by atoms with van der Waals surface area (Å²) in [5, 5.41) is 3.57. The van der Waals surface area contributed by atoms with E-state index in [1.807, 2.05) is 48.5 Å². The zero-order valence-electron chi connectivity index (χ0n) is 11.2. The molecule has 0 aromatic heterocycles. The Hall–Kier alpha value is -2.00. The summed E-state index contributed by atoms with van der Waals surface area (Å²) in [7, 11) is 1.60. The van der Waals surface area contributed by atoms with Crippen LogP contribution in [-0.4, -0.2) is 13.0 Å². The lowest BCUT2D eigenvalue weighted by Gasteiger charge is -2.09. The highest BCUT2D eigenvalue weighted by molar-refractivity contribution is 6.30. The Morgan fingerprint density at radius 1 is 1.15 bits per heavy atom. The number of rotatable bonds is 5. The summed E-state index contributed by atoms with van der Waals surface area (Å²) < 4.78 is 5.23. The summed E-state index contributed by atoms with van der Waals surface area (Å²) in [6.07, 6.45) is 0.303. The smallest absolute Gasteiger partial charge is 0.224 e. The molecule has 20 heavy (non-hydrogen) atoms. The number of amides is 1. The molecule has 0 aliphatic carbocycles. The van der Waals surface area contributed by atoms with Crippen LogP contribution in [0.5, 0.6) is 5.75 Å². The highest BCUT2D eigenvalue weighted by Crippen LogP contribution is 2.17. The Kier molecular flexibility index (Phi) is 5.02. The van der Waals surface area contributed by atoms with E-state index < -0.39 is 0 Å². The molecule has 0 aliphatic heterocycles. The molecule has 2 aromatic carbocycles. The molecule has 0 saturated heterocycles. The molecular formula is C16H16ClNO2. The van der Waals surface area contributed by atoms with Crippen molar-refractivity contribution in [2.75, 3.05) is 7.11 Å². The van der Waals surface area contributed by atoms with E-state index in [-0.39, 0.29) is 5.91 Å². The largest absolute Gasteiger partial charge is 0.496 e. The summed E-state index contributed by atoms with van der Waals surface area (Å²) in [5.74, 6) is 0.693. The number of para-hydroxylation sites is 1. The van der Waals surface area contributed by atoms with Crippen molar-refractivity contribution in [3.05, 3.63) is 64.7 Å². The Morgan fingerprint density at radius 3 is 2.55 bits per heavy atom. The molecule has 0 fully saturated rings. The first-order chi connectivity index (χ1) is 9.69. The predicted molar refractivity (Wildman–Crippen MR) is 80.0 cm³/mol. The van der Waals surface area contributed by atoms with Crippen LogP contribution in [-0.2, 0) is 17.8 Å². The summed E-state index contributed by atoms with van der Waals surface area (Å²) in [4.78, 5) is 11.9. The van der Waals surface area contributed by atoms with Crippen LogP contribution in [0.3, 0.4) is 0 Å². The molecule has 2 rings (SSSR count). The second kappa shape index (κ2) is 6.96. The van der Waals surface area contributed by atoms with Crippen molar-refractivity contribution in [2.24, 2.45) is 0 Å². The number of hydrogen-bond donors (Lipinski definition) is 1. The summed E-state index contributed by atoms with van der Waals surface area (Å²) in [5.41, 5.74) is 1.89. The van der Waals surface area contributed by atoms with E-state index >= 15 is 0 Å². The van der Waals surface area contributed by atoms with Gasteiger partial charge < -0.3 is 10.1 Å². The number of nitrogens with one attached hydrogen (secondary N) is 1. The molecule has 0 saturated carbocycles. The third-order valence-corrected chi connectivity index (χ3v) is 3.20. The topological polar surface area (TPSA) is 38.3 Å². The lowest BCUT2D eigenvalue weighted by atomic mass is 10.1. The number of halogens is 1. The quantitative estimate of drug-likeness (QED) is 0.918. The minimum Gasteiger partial charge on any atom is -0.496 e. The second-order valence-corrected chi connectivity index (χ2v) is 4.83. The maximum atomic E-state index is 11.9. The summed E-state index contributed by atoms with van der Waals surface area (Å²) in [6.45, 7) is 0.491. The molecule has 1 N–H and O–H groups in total. The first-order valence-corrected chi connectivity index (χ1v) is 6.70. The molecule has 104 valence electrons. The molecule has 0 aliphatic rings. The summed E-state index contributed by atoms with van der Waals surface area (Å²) >= 11 is 5.81. The molecule has 3 nitrogen and oxygen atoms in total. The van der Waals surface area contributed by atoms with Gasteiger partial charge in [-0.05, 0) is 23.8 Å². The Labute approximate surface area is 123 Å². The second-order valence-electron chi connectivity index (χ2n) is 4.39. The lowest BCUT2D eigenvalue weighted by Crippen LogP contribution is -2.24. The molecule has 0 radical (unpaired) electrons. The maximum Gasteiger partial charge on any atom is 0.224 e. The third-order valence-electron chi connectivity index (χ3n) is 2.95. The van der Waals surface area contributed by atoms with Crippen molar-refractivity contribution in [1.82, 2.24) is 5.32 Å². The van der Waals surface area contributed by atoms with Gasteiger partial charge in [0.2, 0.25) is 5.91 Å². The SMILES string of the molecule is COc1ccccc1CC(=O)NCc1ccc(Cl)cc1. The van der Waals surface area contributed by atoms with Crippen LogP contribution in [0.25, 0.3) is 0 Å². The fourth-order valence-electron chi connectivity index (χ4n) is 1.89. The molecule has 0 heterocycles. The lowest BCUT2D eigenvalue weighted by molar-refractivity contribution is -0.120. The average molecular weight is 290 g/mol. The Balaban J connectivity index is 1.91. The van der Waals surface area contributed by atoms with E-state index in [1.54, 1.807) is 7.11 Å². The van der Waals surface area contributed by atoms with E-state index in [2.05, 4.69) is 5.32 Å². The van der Waals surface area contributed by atoms with Gasteiger partial charge in [-0.3, -0.25) is 4.79 Å². The average Bonchev–Trinajstić information content (AvgIpc) is 2.47. The maximum absolute atomic E-state index is 11.9. The van der Waals surface area contributed by atoms with Crippen LogP contribution in [0.1, 0.15) is 11.1 Å². The fourth-order valence-corrected chi connectivity index (χ4v) is 2.01. The third kappa shape index (κ3) is 4.00. The number of benzene rings is 2. The number of carbonyl (C=O) groups is 1. The number of carbonyl (C=O) groups excluding carboxylic acids is 1. The first-order valence-electron chi connectivity index (χ1n) is 6.32. The molecule has 4 heteroatoms. The van der Waals surface area contributed by atoms with Crippen LogP contribution in [0.15, 0.2) is 48.5 Å². The van der Waals surface area contributed by atoms with Crippen molar-refractivity contribution >= 4 is 17.5 Å². The van der Waals surface area contributed by atoms with Crippen molar-refractivity contribution in [1.29, 1.82) is 0 Å². The van der Waals surface area contributed by atoms with Crippen molar-refractivity contribution in [3.63, 3.8) is 0 Å². The fraction of sp³-hybridized carbons (Fsp3) is 0.188. The van der Waals surface area contributed by atoms with Gasteiger partial charge in [-0.25, -0.2) is 0 Å². The van der Waals surface area contributed by atoms with E-state index in [4.69, 9.17) is 16.3 Å². The van der Waals surface area contributed by atoms with Gasteiger partial charge in [0.15, 0.2) is 0 Å². The van der Waals surface area contributed by atoms with Gasteiger partial charge in [-0.2, -0.15) is 0 Å². The van der Waals surface area contributed by atoms with Crippen LogP contribution in [0, 0.1) is 0 Å². The van der Waals surface area contributed by atoms with E-state index in [0.29, 0.717) is 18.0 Å². The highest BCUT2D eigenvalue weighted by Gasteiger charge is 2.07. The Bertz CT molecular complexity index is 581. The molecule has 0 atom stereocenters. The zero-order valence-corrected chi connectivity index (χ0v) is 12.0. The van der Waals surface area contributed by atoms with Gasteiger partial charge in [0.05, 0.1) is 13.5 Å². The van der Waals surface area contributed by atoms with Crippen LogP contribution in [0.2, 0.25) is 5.02 Å². The molecular weight excluding hydrogens is 274 g/mol. The van der Waals surface area contributed by atoms with Crippen LogP contribution in [0.4, 0.5) is 0 Å². The summed E-state index contributed by atoms with van der Waals surface area (Å²) in [6, 6.07) is 14.9. The Morgan fingerprint density at radius 2 is 1.85 bits per heavy atom. The van der Waals surface area contributed by atoms with E-state index in [1.165, 1.54) is 0 Å². The van der Waals surface area contributed by atoms with Gasteiger partial charge in [-0.1, -0.05) is 41.9 Å².